The lowest BCUT2D eigenvalue weighted by Gasteiger charge is -1.96. The van der Waals surface area contributed by atoms with Gasteiger partial charge in [-0.25, -0.2) is 0 Å². The molecule has 0 amide bonds. The third kappa shape index (κ3) is 3.79. The van der Waals surface area contributed by atoms with Crippen LogP contribution in [0.1, 0.15) is 26.5 Å². The van der Waals surface area contributed by atoms with E-state index in [4.69, 9.17) is 0 Å². The molecule has 0 aliphatic rings. The Balaban J connectivity index is 0.000000671. The van der Waals surface area contributed by atoms with Gasteiger partial charge in [-0.15, -0.1) is 0 Å². The van der Waals surface area contributed by atoms with Crippen LogP contribution in [0, 0.1) is 0 Å². The maximum Gasteiger partial charge on any atom is 0.0406 e. The SMILES string of the molecule is C=C/C(C)=C\c1cccn1C.CC. The van der Waals surface area contributed by atoms with Crippen molar-refractivity contribution in [2.75, 3.05) is 0 Å². The molecular weight excluding hydrogens is 158 g/mol. The van der Waals surface area contributed by atoms with Crippen LogP contribution in [0.25, 0.3) is 6.08 Å². The highest BCUT2D eigenvalue weighted by molar-refractivity contribution is 5.51. The zero-order chi connectivity index (χ0) is 10.3. The molecule has 1 aromatic heterocycles. The maximum absolute atomic E-state index is 3.69. The van der Waals surface area contributed by atoms with Gasteiger partial charge in [0.25, 0.3) is 0 Å². The molecule has 1 nitrogen and oxygen atoms in total. The normalized spacial score (nSPS) is 10.3. The number of nitrogens with zero attached hydrogens (tertiary/aromatic N) is 1. The molecule has 0 spiro atoms. The number of aromatic nitrogens is 1. The first-order valence-electron chi connectivity index (χ1n) is 4.66. The van der Waals surface area contributed by atoms with Crippen molar-refractivity contribution < 1.29 is 0 Å². The summed E-state index contributed by atoms with van der Waals surface area (Å²) in [5.74, 6) is 0. The van der Waals surface area contributed by atoms with Gasteiger partial charge in [0.1, 0.15) is 0 Å². The first-order valence-corrected chi connectivity index (χ1v) is 4.66. The summed E-state index contributed by atoms with van der Waals surface area (Å²) in [6.07, 6.45) is 5.99. The van der Waals surface area contributed by atoms with Crippen LogP contribution in [0.5, 0.6) is 0 Å². The molecule has 0 aliphatic carbocycles. The van der Waals surface area contributed by atoms with Crippen molar-refractivity contribution in [2.45, 2.75) is 20.8 Å². The number of hydrogen-bond acceptors (Lipinski definition) is 0. The molecule has 0 aliphatic heterocycles. The Labute approximate surface area is 81.4 Å². The Kier molecular flexibility index (Phi) is 5.69. The van der Waals surface area contributed by atoms with Crippen molar-refractivity contribution in [3.63, 3.8) is 0 Å². The molecule has 0 unspecified atom stereocenters. The molecule has 0 saturated heterocycles. The summed E-state index contributed by atoms with van der Waals surface area (Å²) in [5, 5.41) is 0. The quantitative estimate of drug-likeness (QED) is 0.608. The molecule has 0 fully saturated rings. The van der Waals surface area contributed by atoms with Gasteiger partial charge in [-0.3, -0.25) is 0 Å². The van der Waals surface area contributed by atoms with Crippen LogP contribution in [0.3, 0.4) is 0 Å². The third-order valence-electron chi connectivity index (χ3n) is 1.68. The van der Waals surface area contributed by atoms with Crippen LogP contribution in [0.15, 0.2) is 36.6 Å². The van der Waals surface area contributed by atoms with E-state index in [2.05, 4.69) is 23.3 Å². The van der Waals surface area contributed by atoms with Crippen molar-refractivity contribution in [1.29, 1.82) is 0 Å². The molecule has 0 radical (unpaired) electrons. The highest BCUT2D eigenvalue weighted by atomic mass is 14.9. The highest BCUT2D eigenvalue weighted by Gasteiger charge is 1.90. The highest BCUT2D eigenvalue weighted by Crippen LogP contribution is 2.06. The van der Waals surface area contributed by atoms with Gasteiger partial charge in [-0.1, -0.05) is 26.5 Å². The summed E-state index contributed by atoms with van der Waals surface area (Å²) in [6, 6.07) is 4.11. The van der Waals surface area contributed by atoms with Crippen molar-refractivity contribution in [3.05, 3.63) is 42.3 Å². The van der Waals surface area contributed by atoms with Gasteiger partial charge in [0, 0.05) is 18.9 Å². The molecule has 1 rings (SSSR count). The topological polar surface area (TPSA) is 4.93 Å². The molecule has 0 bridgehead atoms. The minimum Gasteiger partial charge on any atom is -0.351 e. The molecule has 1 aromatic rings. The van der Waals surface area contributed by atoms with Gasteiger partial charge < -0.3 is 4.57 Å². The molecule has 0 N–H and O–H groups in total. The Morgan fingerprint density at radius 1 is 1.46 bits per heavy atom. The van der Waals surface area contributed by atoms with E-state index < -0.39 is 0 Å². The van der Waals surface area contributed by atoms with E-state index in [1.807, 2.05) is 46.2 Å². The average molecular weight is 177 g/mol. The van der Waals surface area contributed by atoms with Gasteiger partial charge in [-0.05, 0) is 30.7 Å². The molecule has 0 atom stereocenters. The summed E-state index contributed by atoms with van der Waals surface area (Å²) in [4.78, 5) is 0. The number of hydrogen-bond donors (Lipinski definition) is 0. The zero-order valence-corrected chi connectivity index (χ0v) is 9.04. The van der Waals surface area contributed by atoms with E-state index in [9.17, 15) is 0 Å². The second-order valence-electron chi connectivity index (χ2n) is 2.64. The molecule has 13 heavy (non-hydrogen) atoms. The van der Waals surface area contributed by atoms with Gasteiger partial charge >= 0.3 is 0 Å². The minimum absolute atomic E-state index is 1.19. The predicted molar refractivity (Wildman–Crippen MR) is 60.6 cm³/mol. The summed E-state index contributed by atoms with van der Waals surface area (Å²) >= 11 is 0. The van der Waals surface area contributed by atoms with Crippen molar-refractivity contribution in [2.24, 2.45) is 7.05 Å². The van der Waals surface area contributed by atoms with Gasteiger partial charge in [-0.2, -0.15) is 0 Å². The monoisotopic (exact) mass is 177 g/mol. The van der Waals surface area contributed by atoms with Crippen LogP contribution in [-0.4, -0.2) is 4.57 Å². The van der Waals surface area contributed by atoms with E-state index in [0.29, 0.717) is 0 Å². The minimum atomic E-state index is 1.19. The summed E-state index contributed by atoms with van der Waals surface area (Å²) in [7, 11) is 2.03. The fourth-order valence-corrected chi connectivity index (χ4v) is 0.916. The Bertz CT molecular complexity index is 279. The first kappa shape index (κ1) is 11.8. The van der Waals surface area contributed by atoms with E-state index >= 15 is 0 Å². The molecule has 0 saturated carbocycles. The van der Waals surface area contributed by atoms with Crippen LogP contribution in [0.2, 0.25) is 0 Å². The standard InChI is InChI=1S/C10H13N.C2H6/c1-4-9(2)8-10-6-5-7-11(10)3;1-2/h4-8H,1H2,2-3H3;1-2H3/b9-8-;. The number of aryl methyl sites for hydroxylation is 1. The summed E-state index contributed by atoms with van der Waals surface area (Å²) in [6.45, 7) is 9.73. The summed E-state index contributed by atoms with van der Waals surface area (Å²) in [5.41, 5.74) is 2.40. The first-order chi connectivity index (χ1) is 6.24. The van der Waals surface area contributed by atoms with E-state index in [1.54, 1.807) is 0 Å². The van der Waals surface area contributed by atoms with Crippen LogP contribution in [0.4, 0.5) is 0 Å². The zero-order valence-electron chi connectivity index (χ0n) is 9.04. The maximum atomic E-state index is 3.69. The Hall–Kier alpha value is -1.24. The molecule has 0 aromatic carbocycles. The third-order valence-corrected chi connectivity index (χ3v) is 1.68. The lowest BCUT2D eigenvalue weighted by molar-refractivity contribution is 0.914. The molecule has 1 heterocycles. The average Bonchev–Trinajstić information content (AvgIpc) is 2.55. The van der Waals surface area contributed by atoms with Crippen LogP contribution in [-0.2, 0) is 7.05 Å². The van der Waals surface area contributed by atoms with E-state index in [-0.39, 0.29) is 0 Å². The van der Waals surface area contributed by atoms with Crippen molar-refractivity contribution in [3.8, 4) is 0 Å². The van der Waals surface area contributed by atoms with Crippen LogP contribution < -0.4 is 0 Å². The number of rotatable bonds is 2. The van der Waals surface area contributed by atoms with Gasteiger partial charge in [0.05, 0.1) is 0 Å². The largest absolute Gasteiger partial charge is 0.351 e. The molecular formula is C12H19N. The van der Waals surface area contributed by atoms with Crippen molar-refractivity contribution >= 4 is 6.08 Å². The Morgan fingerprint density at radius 3 is 2.46 bits per heavy atom. The fraction of sp³-hybridized carbons (Fsp3) is 0.333. The van der Waals surface area contributed by atoms with Crippen molar-refractivity contribution in [1.82, 2.24) is 4.57 Å². The van der Waals surface area contributed by atoms with Crippen LogP contribution >= 0.6 is 0 Å². The lowest BCUT2D eigenvalue weighted by atomic mass is 10.2. The second-order valence-corrected chi connectivity index (χ2v) is 2.64. The van der Waals surface area contributed by atoms with E-state index in [0.717, 1.165) is 0 Å². The fourth-order valence-electron chi connectivity index (χ4n) is 0.916. The molecule has 72 valence electrons. The second kappa shape index (κ2) is 6.30. The van der Waals surface area contributed by atoms with Gasteiger partial charge in [0.2, 0.25) is 0 Å². The van der Waals surface area contributed by atoms with E-state index in [1.165, 1.54) is 11.3 Å². The smallest absolute Gasteiger partial charge is 0.0406 e. The predicted octanol–water partition coefficient (Wildman–Crippen LogP) is 3.64. The molecule has 1 heteroatoms. The van der Waals surface area contributed by atoms with Gasteiger partial charge in [0.15, 0.2) is 0 Å². The number of allylic oxidation sites excluding steroid dienone is 2. The Morgan fingerprint density at radius 2 is 2.08 bits per heavy atom. The summed E-state index contributed by atoms with van der Waals surface area (Å²) < 4.78 is 2.08. The lowest BCUT2D eigenvalue weighted by Crippen LogP contribution is -1.87.